The summed E-state index contributed by atoms with van der Waals surface area (Å²) in [6, 6.07) is 7.66. The summed E-state index contributed by atoms with van der Waals surface area (Å²) >= 11 is 0. The molecule has 1 aromatic carbocycles. The van der Waals surface area contributed by atoms with Crippen LogP contribution in [0.5, 0.6) is 5.75 Å². The van der Waals surface area contributed by atoms with E-state index in [1.54, 1.807) is 30.3 Å². The lowest BCUT2D eigenvalue weighted by Gasteiger charge is -2.27. The Bertz CT molecular complexity index is 676. The van der Waals surface area contributed by atoms with Gasteiger partial charge in [-0.2, -0.15) is 0 Å². The average Bonchev–Trinajstić information content (AvgIpc) is 3.09. The van der Waals surface area contributed by atoms with E-state index < -0.39 is 29.8 Å². The Morgan fingerprint density at radius 3 is 2.33 bits per heavy atom. The smallest absolute Gasteiger partial charge is 0.415 e. The normalized spacial score (nSPS) is 18.1. The Kier molecular flexibility index (Phi) is 6.75. The van der Waals surface area contributed by atoms with Gasteiger partial charge in [0.2, 0.25) is 5.91 Å². The van der Waals surface area contributed by atoms with Crippen LogP contribution in [0.3, 0.4) is 0 Å². The molecule has 1 atom stereocenters. The van der Waals surface area contributed by atoms with Crippen molar-refractivity contribution < 1.29 is 33.3 Å². The highest BCUT2D eigenvalue weighted by molar-refractivity contribution is 5.88. The number of carbonyl (C=O) groups excluding carboxylic acids is 3. The van der Waals surface area contributed by atoms with Gasteiger partial charge in [0.25, 0.3) is 0 Å². The maximum atomic E-state index is 12.7. The third-order valence-electron chi connectivity index (χ3n) is 4.46. The standard InChI is InChI=1S/C18H24N2O7/c1-19(17(23)27-13-8-6-5-7-9-13)11-15(21)20-12-18(25-3,26-4)10-14(20)16(22)24-2/h5-9,14H,10-12H2,1-4H3/t14-/m1/s1. The largest absolute Gasteiger partial charge is 0.467 e. The molecule has 2 rings (SSSR count). The van der Waals surface area contributed by atoms with Gasteiger partial charge in [-0.1, -0.05) is 18.2 Å². The van der Waals surface area contributed by atoms with Crippen molar-refractivity contribution in [2.24, 2.45) is 0 Å². The van der Waals surface area contributed by atoms with Gasteiger partial charge in [0.1, 0.15) is 18.3 Å². The van der Waals surface area contributed by atoms with E-state index in [1.165, 1.54) is 33.3 Å². The second-order valence-corrected chi connectivity index (χ2v) is 6.12. The Morgan fingerprint density at radius 1 is 1.15 bits per heavy atom. The van der Waals surface area contributed by atoms with Crippen molar-refractivity contribution in [3.63, 3.8) is 0 Å². The third-order valence-corrected chi connectivity index (χ3v) is 4.46. The highest BCUT2D eigenvalue weighted by Gasteiger charge is 2.50. The van der Waals surface area contributed by atoms with Gasteiger partial charge in [-0.25, -0.2) is 9.59 Å². The van der Waals surface area contributed by atoms with Gasteiger partial charge in [0.05, 0.1) is 13.7 Å². The quantitative estimate of drug-likeness (QED) is 0.534. The summed E-state index contributed by atoms with van der Waals surface area (Å²) in [7, 11) is 5.56. The Balaban J connectivity index is 2.05. The van der Waals surface area contributed by atoms with E-state index in [0.29, 0.717) is 5.75 Å². The predicted molar refractivity (Wildman–Crippen MR) is 94.0 cm³/mol. The maximum absolute atomic E-state index is 12.7. The first-order valence-corrected chi connectivity index (χ1v) is 8.31. The van der Waals surface area contributed by atoms with Gasteiger partial charge >= 0.3 is 12.1 Å². The van der Waals surface area contributed by atoms with Crippen LogP contribution in [0, 0.1) is 0 Å². The van der Waals surface area contributed by atoms with E-state index in [4.69, 9.17) is 18.9 Å². The second kappa shape index (κ2) is 8.83. The van der Waals surface area contributed by atoms with E-state index in [-0.39, 0.29) is 19.5 Å². The number of methoxy groups -OCH3 is 3. The fraction of sp³-hybridized carbons (Fsp3) is 0.500. The molecule has 1 aromatic rings. The average molecular weight is 380 g/mol. The molecule has 148 valence electrons. The number of rotatable bonds is 6. The number of likely N-dealkylation sites (tertiary alicyclic amines) is 1. The van der Waals surface area contributed by atoms with E-state index in [2.05, 4.69) is 0 Å². The molecule has 0 radical (unpaired) electrons. The molecule has 0 spiro atoms. The minimum Gasteiger partial charge on any atom is -0.467 e. The number of nitrogens with zero attached hydrogens (tertiary/aromatic N) is 2. The van der Waals surface area contributed by atoms with Crippen LogP contribution < -0.4 is 4.74 Å². The molecule has 0 N–H and O–H groups in total. The number of hydrogen-bond donors (Lipinski definition) is 0. The molecular weight excluding hydrogens is 356 g/mol. The molecule has 1 fully saturated rings. The molecule has 0 aliphatic carbocycles. The first kappa shape index (κ1) is 20.7. The van der Waals surface area contributed by atoms with Crippen molar-refractivity contribution >= 4 is 18.0 Å². The zero-order chi connectivity index (χ0) is 20.0. The number of carbonyl (C=O) groups is 3. The van der Waals surface area contributed by atoms with Crippen molar-refractivity contribution in [2.45, 2.75) is 18.2 Å². The molecule has 0 aromatic heterocycles. The zero-order valence-corrected chi connectivity index (χ0v) is 15.8. The molecule has 27 heavy (non-hydrogen) atoms. The van der Waals surface area contributed by atoms with Crippen LogP contribution in [-0.2, 0) is 23.8 Å². The molecule has 1 aliphatic rings. The summed E-state index contributed by atoms with van der Waals surface area (Å²) in [4.78, 5) is 39.4. The number of likely N-dealkylation sites (N-methyl/N-ethyl adjacent to an activating group) is 1. The molecule has 1 heterocycles. The summed E-state index contributed by atoms with van der Waals surface area (Å²) in [6.45, 7) is -0.233. The number of benzene rings is 1. The van der Waals surface area contributed by atoms with Crippen LogP contribution in [0.25, 0.3) is 0 Å². The lowest BCUT2D eigenvalue weighted by molar-refractivity contribution is -0.197. The predicted octanol–water partition coefficient (Wildman–Crippen LogP) is 0.880. The first-order chi connectivity index (χ1) is 12.9. The Morgan fingerprint density at radius 2 is 1.78 bits per heavy atom. The molecule has 0 bridgehead atoms. The molecule has 9 nitrogen and oxygen atoms in total. The van der Waals surface area contributed by atoms with Crippen LogP contribution in [0.4, 0.5) is 4.79 Å². The summed E-state index contributed by atoms with van der Waals surface area (Å²) in [5.74, 6) is -1.76. The maximum Gasteiger partial charge on any atom is 0.415 e. The van der Waals surface area contributed by atoms with Crippen LogP contribution in [-0.4, -0.2) is 81.1 Å². The molecular formula is C18H24N2O7. The molecule has 9 heteroatoms. The van der Waals surface area contributed by atoms with Crippen molar-refractivity contribution in [3.05, 3.63) is 30.3 Å². The van der Waals surface area contributed by atoms with Crippen LogP contribution in [0.1, 0.15) is 6.42 Å². The molecule has 1 saturated heterocycles. The van der Waals surface area contributed by atoms with Gasteiger partial charge in [-0.3, -0.25) is 4.79 Å². The van der Waals surface area contributed by atoms with Gasteiger partial charge in [0.15, 0.2) is 5.79 Å². The number of hydrogen-bond acceptors (Lipinski definition) is 7. The van der Waals surface area contributed by atoms with E-state index in [0.717, 1.165) is 4.90 Å². The summed E-state index contributed by atoms with van der Waals surface area (Å²) in [5, 5.41) is 0. The van der Waals surface area contributed by atoms with Crippen molar-refractivity contribution in [1.29, 1.82) is 0 Å². The van der Waals surface area contributed by atoms with Crippen molar-refractivity contribution in [1.82, 2.24) is 9.80 Å². The topological polar surface area (TPSA) is 94.6 Å². The monoisotopic (exact) mass is 380 g/mol. The molecule has 1 aliphatic heterocycles. The molecule has 0 saturated carbocycles. The SMILES string of the molecule is COC(=O)[C@H]1CC(OC)(OC)CN1C(=O)CN(C)C(=O)Oc1ccccc1. The van der Waals surface area contributed by atoms with Crippen molar-refractivity contribution in [2.75, 3.05) is 41.5 Å². The third kappa shape index (κ3) is 4.75. The Labute approximate surface area is 157 Å². The van der Waals surface area contributed by atoms with Gasteiger partial charge < -0.3 is 28.7 Å². The van der Waals surface area contributed by atoms with E-state index >= 15 is 0 Å². The van der Waals surface area contributed by atoms with Gasteiger partial charge in [0, 0.05) is 27.7 Å². The van der Waals surface area contributed by atoms with Gasteiger partial charge in [-0.05, 0) is 12.1 Å². The highest BCUT2D eigenvalue weighted by Crippen LogP contribution is 2.31. The number of esters is 1. The second-order valence-electron chi connectivity index (χ2n) is 6.12. The molecule has 0 unspecified atom stereocenters. The lowest BCUT2D eigenvalue weighted by atomic mass is 10.1. The van der Waals surface area contributed by atoms with Crippen LogP contribution >= 0.6 is 0 Å². The first-order valence-electron chi connectivity index (χ1n) is 8.31. The number of ether oxygens (including phenoxy) is 4. The molecule has 2 amide bonds. The van der Waals surface area contributed by atoms with E-state index in [1.807, 2.05) is 0 Å². The minimum atomic E-state index is -1.10. The number of amides is 2. The summed E-state index contributed by atoms with van der Waals surface area (Å²) in [6.07, 6.45) is -0.551. The van der Waals surface area contributed by atoms with Crippen LogP contribution in [0.2, 0.25) is 0 Å². The zero-order valence-electron chi connectivity index (χ0n) is 15.8. The van der Waals surface area contributed by atoms with Gasteiger partial charge in [-0.15, -0.1) is 0 Å². The number of para-hydroxylation sites is 1. The fourth-order valence-corrected chi connectivity index (χ4v) is 2.85. The summed E-state index contributed by atoms with van der Waals surface area (Å²) < 4.78 is 20.7. The highest BCUT2D eigenvalue weighted by atomic mass is 16.7. The van der Waals surface area contributed by atoms with Crippen LogP contribution in [0.15, 0.2) is 30.3 Å². The van der Waals surface area contributed by atoms with Crippen molar-refractivity contribution in [3.8, 4) is 5.75 Å². The fourth-order valence-electron chi connectivity index (χ4n) is 2.85. The lowest BCUT2D eigenvalue weighted by Crippen LogP contribution is -2.47. The minimum absolute atomic E-state index is 0.0418. The summed E-state index contributed by atoms with van der Waals surface area (Å²) in [5.41, 5.74) is 0. The Hall–Kier alpha value is -2.65. The van der Waals surface area contributed by atoms with E-state index in [9.17, 15) is 14.4 Å².